The molecule has 1 aromatic carbocycles. The van der Waals surface area contributed by atoms with Gasteiger partial charge in [0.15, 0.2) is 0 Å². The van der Waals surface area contributed by atoms with E-state index in [9.17, 15) is 18.0 Å². The molecule has 1 amide bonds. The van der Waals surface area contributed by atoms with Gasteiger partial charge in [0.2, 0.25) is 5.82 Å². The standard InChI is InChI=1S/C18H22F3N3O2/c1-11(2)9-24(10-12(3)4)16(25)14-7-5-13(6-8-14)15-22-17(26-23-15)18(19,20)21/h5-8,11-12H,9-10H2,1-4H3. The molecule has 1 heterocycles. The molecule has 0 radical (unpaired) electrons. The molecule has 2 rings (SSSR count). The van der Waals surface area contributed by atoms with Gasteiger partial charge in [-0.2, -0.15) is 18.2 Å². The highest BCUT2D eigenvalue weighted by Crippen LogP contribution is 2.29. The lowest BCUT2D eigenvalue weighted by atomic mass is 10.1. The first kappa shape index (κ1) is 19.9. The van der Waals surface area contributed by atoms with Crippen molar-refractivity contribution in [2.24, 2.45) is 11.8 Å². The Bertz CT molecular complexity index is 727. The summed E-state index contributed by atoms with van der Waals surface area (Å²) in [5.41, 5.74) is 0.814. The van der Waals surface area contributed by atoms with E-state index in [0.29, 0.717) is 36.1 Å². The van der Waals surface area contributed by atoms with Crippen LogP contribution in [0.1, 0.15) is 43.9 Å². The maximum absolute atomic E-state index is 12.7. The number of rotatable bonds is 6. The van der Waals surface area contributed by atoms with Crippen molar-refractivity contribution in [1.82, 2.24) is 15.0 Å². The van der Waals surface area contributed by atoms with Crippen molar-refractivity contribution in [2.75, 3.05) is 13.1 Å². The fourth-order valence-corrected chi connectivity index (χ4v) is 2.52. The van der Waals surface area contributed by atoms with Gasteiger partial charge in [0.1, 0.15) is 0 Å². The lowest BCUT2D eigenvalue weighted by molar-refractivity contribution is -0.159. The lowest BCUT2D eigenvalue weighted by Gasteiger charge is -2.26. The number of carbonyl (C=O) groups excluding carboxylic acids is 1. The summed E-state index contributed by atoms with van der Waals surface area (Å²) in [6.07, 6.45) is -4.69. The van der Waals surface area contributed by atoms with Gasteiger partial charge in [0.05, 0.1) is 0 Å². The number of hydrogen-bond acceptors (Lipinski definition) is 4. The van der Waals surface area contributed by atoms with E-state index in [1.807, 2.05) is 27.7 Å². The number of hydrogen-bond donors (Lipinski definition) is 0. The van der Waals surface area contributed by atoms with Crippen molar-refractivity contribution in [3.8, 4) is 11.4 Å². The average molecular weight is 369 g/mol. The number of aromatic nitrogens is 2. The van der Waals surface area contributed by atoms with E-state index < -0.39 is 12.1 Å². The fraction of sp³-hybridized carbons (Fsp3) is 0.500. The minimum absolute atomic E-state index is 0.108. The molecule has 0 saturated carbocycles. The molecule has 0 aliphatic heterocycles. The van der Waals surface area contributed by atoms with E-state index >= 15 is 0 Å². The highest BCUT2D eigenvalue weighted by atomic mass is 19.4. The summed E-state index contributed by atoms with van der Waals surface area (Å²) in [6.45, 7) is 9.43. The molecule has 0 aliphatic carbocycles. The summed E-state index contributed by atoms with van der Waals surface area (Å²) in [7, 11) is 0. The molecule has 0 N–H and O–H groups in total. The normalized spacial score (nSPS) is 12.0. The molecule has 0 aliphatic rings. The largest absolute Gasteiger partial charge is 0.471 e. The second-order valence-electron chi connectivity index (χ2n) is 7.00. The van der Waals surface area contributed by atoms with Gasteiger partial charge in [-0.25, -0.2) is 0 Å². The van der Waals surface area contributed by atoms with Gasteiger partial charge in [-0.3, -0.25) is 4.79 Å². The summed E-state index contributed by atoms with van der Waals surface area (Å²) >= 11 is 0. The summed E-state index contributed by atoms with van der Waals surface area (Å²) in [4.78, 5) is 17.9. The molecule has 26 heavy (non-hydrogen) atoms. The Balaban J connectivity index is 2.19. The SMILES string of the molecule is CC(C)CN(CC(C)C)C(=O)c1ccc(-c2noc(C(F)(F)F)n2)cc1. The zero-order valence-corrected chi connectivity index (χ0v) is 15.2. The lowest BCUT2D eigenvalue weighted by Crippen LogP contribution is -2.37. The van der Waals surface area contributed by atoms with Crippen molar-refractivity contribution in [2.45, 2.75) is 33.9 Å². The second-order valence-corrected chi connectivity index (χ2v) is 7.00. The molecule has 0 spiro atoms. The molecule has 0 saturated heterocycles. The molecule has 2 aromatic rings. The highest BCUT2D eigenvalue weighted by Gasteiger charge is 2.38. The Hall–Kier alpha value is -2.38. The van der Waals surface area contributed by atoms with Crippen LogP contribution in [0.15, 0.2) is 28.8 Å². The van der Waals surface area contributed by atoms with E-state index in [4.69, 9.17) is 0 Å². The Kier molecular flexibility index (Phi) is 6.05. The maximum Gasteiger partial charge on any atom is 0.471 e. The van der Waals surface area contributed by atoms with Gasteiger partial charge in [-0.1, -0.05) is 45.0 Å². The first-order valence-electron chi connectivity index (χ1n) is 8.38. The smallest absolute Gasteiger partial charge is 0.338 e. The zero-order chi connectivity index (χ0) is 19.5. The van der Waals surface area contributed by atoms with Crippen molar-refractivity contribution in [3.05, 3.63) is 35.7 Å². The van der Waals surface area contributed by atoms with Crippen LogP contribution in [-0.4, -0.2) is 34.0 Å². The Morgan fingerprint density at radius 2 is 1.62 bits per heavy atom. The van der Waals surface area contributed by atoms with E-state index in [0.717, 1.165) is 0 Å². The van der Waals surface area contributed by atoms with Gasteiger partial charge in [-0.05, 0) is 24.0 Å². The van der Waals surface area contributed by atoms with Crippen LogP contribution in [0.25, 0.3) is 11.4 Å². The van der Waals surface area contributed by atoms with E-state index in [1.165, 1.54) is 12.1 Å². The van der Waals surface area contributed by atoms with Crippen molar-refractivity contribution in [3.63, 3.8) is 0 Å². The molecular formula is C18H22F3N3O2. The third-order valence-corrected chi connectivity index (χ3v) is 3.52. The van der Waals surface area contributed by atoms with E-state index in [1.54, 1.807) is 17.0 Å². The topological polar surface area (TPSA) is 59.2 Å². The van der Waals surface area contributed by atoms with Crippen LogP contribution in [0, 0.1) is 11.8 Å². The van der Waals surface area contributed by atoms with Gasteiger partial charge >= 0.3 is 12.1 Å². The molecule has 0 fully saturated rings. The van der Waals surface area contributed by atoms with Crippen LogP contribution in [-0.2, 0) is 6.18 Å². The van der Waals surface area contributed by atoms with E-state index in [2.05, 4.69) is 14.7 Å². The number of carbonyl (C=O) groups is 1. The number of benzene rings is 1. The van der Waals surface area contributed by atoms with Crippen LogP contribution in [0.3, 0.4) is 0 Å². The van der Waals surface area contributed by atoms with Gasteiger partial charge < -0.3 is 9.42 Å². The maximum atomic E-state index is 12.7. The van der Waals surface area contributed by atoms with Crippen LogP contribution < -0.4 is 0 Å². The zero-order valence-electron chi connectivity index (χ0n) is 15.2. The van der Waals surface area contributed by atoms with E-state index in [-0.39, 0.29) is 11.7 Å². The Morgan fingerprint density at radius 1 is 1.08 bits per heavy atom. The monoisotopic (exact) mass is 369 g/mol. The fourth-order valence-electron chi connectivity index (χ4n) is 2.52. The summed E-state index contributed by atoms with van der Waals surface area (Å²) in [6, 6.07) is 6.16. The van der Waals surface area contributed by atoms with Crippen molar-refractivity contribution >= 4 is 5.91 Å². The molecule has 142 valence electrons. The predicted octanol–water partition coefficient (Wildman–Crippen LogP) is 4.51. The van der Waals surface area contributed by atoms with Crippen molar-refractivity contribution < 1.29 is 22.5 Å². The van der Waals surface area contributed by atoms with Crippen LogP contribution in [0.2, 0.25) is 0 Å². The van der Waals surface area contributed by atoms with Gasteiger partial charge in [0.25, 0.3) is 5.91 Å². The second kappa shape index (κ2) is 7.88. The van der Waals surface area contributed by atoms with Crippen LogP contribution >= 0.6 is 0 Å². The number of amides is 1. The third kappa shape index (κ3) is 5.06. The minimum atomic E-state index is -4.69. The molecular weight excluding hydrogens is 347 g/mol. The number of halogens is 3. The first-order chi connectivity index (χ1) is 12.1. The molecule has 8 heteroatoms. The Morgan fingerprint density at radius 3 is 2.04 bits per heavy atom. The highest BCUT2D eigenvalue weighted by molar-refractivity contribution is 5.94. The molecule has 0 atom stereocenters. The predicted molar refractivity (Wildman–Crippen MR) is 90.3 cm³/mol. The average Bonchev–Trinajstić information content (AvgIpc) is 3.03. The van der Waals surface area contributed by atoms with Crippen LogP contribution in [0.4, 0.5) is 13.2 Å². The molecule has 1 aromatic heterocycles. The molecule has 5 nitrogen and oxygen atoms in total. The number of alkyl halides is 3. The van der Waals surface area contributed by atoms with Gasteiger partial charge in [-0.15, -0.1) is 0 Å². The summed E-state index contributed by atoms with van der Waals surface area (Å²) in [5, 5.41) is 3.34. The number of nitrogens with zero attached hydrogens (tertiary/aromatic N) is 3. The summed E-state index contributed by atoms with van der Waals surface area (Å²) < 4.78 is 41.8. The van der Waals surface area contributed by atoms with Crippen LogP contribution in [0.5, 0.6) is 0 Å². The third-order valence-electron chi connectivity index (χ3n) is 3.52. The minimum Gasteiger partial charge on any atom is -0.338 e. The first-order valence-corrected chi connectivity index (χ1v) is 8.38. The Labute approximate surface area is 150 Å². The molecule has 0 bridgehead atoms. The summed E-state index contributed by atoms with van der Waals surface area (Å²) in [5.74, 6) is -1.01. The molecule has 0 unspecified atom stereocenters. The van der Waals surface area contributed by atoms with Crippen molar-refractivity contribution in [1.29, 1.82) is 0 Å². The van der Waals surface area contributed by atoms with Gasteiger partial charge in [0, 0.05) is 24.2 Å². The quantitative estimate of drug-likeness (QED) is 0.752.